The molecule has 0 aliphatic heterocycles. The van der Waals surface area contributed by atoms with E-state index in [1.165, 1.54) is 238 Å². The van der Waals surface area contributed by atoms with Gasteiger partial charge in [-0.3, -0.25) is 37.3 Å². The molecule has 3 N–H and O–H groups in total. The lowest BCUT2D eigenvalue weighted by Crippen LogP contribution is -2.30. The molecule has 0 aliphatic carbocycles. The zero-order valence-corrected chi connectivity index (χ0v) is 68.2. The monoisotopic (exact) mass is 1480 g/mol. The van der Waals surface area contributed by atoms with E-state index in [0.29, 0.717) is 25.7 Å². The minimum atomic E-state index is -4.96. The molecule has 0 radical (unpaired) electrons. The zero-order valence-electron chi connectivity index (χ0n) is 66.4. The van der Waals surface area contributed by atoms with Crippen molar-refractivity contribution in [3.63, 3.8) is 0 Å². The van der Waals surface area contributed by atoms with Gasteiger partial charge in [-0.1, -0.05) is 376 Å². The molecule has 0 aromatic rings. The Morgan fingerprint density at radius 3 is 0.752 bits per heavy atom. The number of hydrogen-bond acceptors (Lipinski definition) is 15. The van der Waals surface area contributed by atoms with Crippen LogP contribution < -0.4 is 0 Å². The van der Waals surface area contributed by atoms with Crippen LogP contribution in [-0.4, -0.2) is 96.7 Å². The number of unbranched alkanes of at least 4 members (excludes halogenated alkanes) is 47. The van der Waals surface area contributed by atoms with Crippen LogP contribution in [0, 0.1) is 17.8 Å². The maximum atomic E-state index is 13.1. The highest BCUT2D eigenvalue weighted by Crippen LogP contribution is 2.45. The van der Waals surface area contributed by atoms with Gasteiger partial charge in [0.2, 0.25) is 0 Å². The van der Waals surface area contributed by atoms with Crippen molar-refractivity contribution >= 4 is 39.5 Å². The fourth-order valence-electron chi connectivity index (χ4n) is 12.6. The third kappa shape index (κ3) is 74.7. The number of aliphatic hydroxyl groups is 1. The molecule has 0 fully saturated rings. The van der Waals surface area contributed by atoms with Crippen LogP contribution in [0.2, 0.25) is 0 Å². The fourth-order valence-corrected chi connectivity index (χ4v) is 14.2. The van der Waals surface area contributed by atoms with Crippen LogP contribution >= 0.6 is 15.6 Å². The van der Waals surface area contributed by atoms with Crippen molar-refractivity contribution in [2.75, 3.05) is 39.6 Å². The number of hydrogen-bond donors (Lipinski definition) is 3. The maximum Gasteiger partial charge on any atom is 0.472 e. The molecule has 17 nitrogen and oxygen atoms in total. The summed E-state index contributed by atoms with van der Waals surface area (Å²) < 4.78 is 68.8. The van der Waals surface area contributed by atoms with E-state index in [-0.39, 0.29) is 25.7 Å². The Morgan fingerprint density at radius 2 is 0.505 bits per heavy atom. The standard InChI is InChI=1S/C82H160O17P2/c1-8-10-11-12-13-14-15-16-17-18-19-20-21-22-23-24-29-35-44-51-58-65-81(86)98-77(69-92-79(84)63-56-49-42-34-28-26-25-27-32-39-46-53-60-73(3)4)71-96-100(88,89)94-67-76(83)68-95-101(90,91)97-72-78(70-93-80(85)64-57-50-43-38-37-41-48-55-62-75(7)9-2)99-82(87)66-59-52-45-36-31-30-33-40-47-54-61-74(5)6/h73-78,83H,8-72H2,1-7H3,(H,88,89)(H,90,91)/t75?,76-,77-,78-/m1/s1. The van der Waals surface area contributed by atoms with Crippen molar-refractivity contribution in [1.82, 2.24) is 0 Å². The number of ether oxygens (including phenoxy) is 4. The van der Waals surface area contributed by atoms with Gasteiger partial charge in [-0.2, -0.15) is 0 Å². The SMILES string of the molecule is CCCCCCCCCCCCCCCCCCCCCCCC(=O)O[C@H](COC(=O)CCCCCCCCCCCCCCC(C)C)COP(=O)(O)OC[C@@H](O)COP(=O)(O)OC[C@@H](COC(=O)CCCCCCCCCCC(C)CC)OC(=O)CCCCCCCCCCCCC(C)C. The maximum absolute atomic E-state index is 13.1. The molecule has 0 saturated heterocycles. The molecular weight excluding hydrogens is 1320 g/mol. The summed E-state index contributed by atoms with van der Waals surface area (Å²) in [7, 11) is -9.92. The Balaban J connectivity index is 5.24. The molecule has 600 valence electrons. The Hall–Kier alpha value is -1.94. The Kier molecular flexibility index (Phi) is 70.9. The smallest absolute Gasteiger partial charge is 0.462 e. The predicted molar refractivity (Wildman–Crippen MR) is 414 cm³/mol. The number of rotatable bonds is 80. The van der Waals surface area contributed by atoms with Crippen molar-refractivity contribution < 1.29 is 80.2 Å². The second kappa shape index (κ2) is 72.3. The van der Waals surface area contributed by atoms with E-state index in [9.17, 15) is 43.2 Å². The second-order valence-electron chi connectivity index (χ2n) is 30.7. The molecular formula is C82H160O17P2. The summed E-state index contributed by atoms with van der Waals surface area (Å²) in [5.74, 6) is 0.200. The number of phosphoric ester groups is 2. The van der Waals surface area contributed by atoms with Gasteiger partial charge in [0, 0.05) is 25.7 Å². The van der Waals surface area contributed by atoms with Crippen LogP contribution in [0.3, 0.4) is 0 Å². The summed E-state index contributed by atoms with van der Waals surface area (Å²) in [5.41, 5.74) is 0. The molecule has 0 heterocycles. The van der Waals surface area contributed by atoms with Gasteiger partial charge in [-0.15, -0.1) is 0 Å². The molecule has 0 aromatic carbocycles. The van der Waals surface area contributed by atoms with Crippen molar-refractivity contribution in [3.8, 4) is 0 Å². The average Bonchev–Trinajstić information content (AvgIpc) is 1.04. The molecule has 0 rings (SSSR count). The Bertz CT molecular complexity index is 1960. The minimum Gasteiger partial charge on any atom is -0.462 e. The number of carbonyl (C=O) groups is 4. The van der Waals surface area contributed by atoms with Crippen LogP contribution in [0.25, 0.3) is 0 Å². The fraction of sp³-hybridized carbons (Fsp3) is 0.951. The molecule has 0 saturated carbocycles. The van der Waals surface area contributed by atoms with E-state index >= 15 is 0 Å². The van der Waals surface area contributed by atoms with Crippen LogP contribution in [0.1, 0.15) is 427 Å². The number of esters is 4. The van der Waals surface area contributed by atoms with Gasteiger partial charge in [0.1, 0.15) is 19.3 Å². The summed E-state index contributed by atoms with van der Waals surface area (Å²) in [5, 5.41) is 10.6. The van der Waals surface area contributed by atoms with Gasteiger partial charge < -0.3 is 33.8 Å². The highest BCUT2D eigenvalue weighted by atomic mass is 31.2. The van der Waals surface area contributed by atoms with Gasteiger partial charge in [-0.05, 0) is 43.4 Å². The van der Waals surface area contributed by atoms with Gasteiger partial charge >= 0.3 is 39.5 Å². The van der Waals surface area contributed by atoms with Crippen LogP contribution in [0.15, 0.2) is 0 Å². The third-order valence-corrected chi connectivity index (χ3v) is 21.4. The lowest BCUT2D eigenvalue weighted by molar-refractivity contribution is -0.161. The highest BCUT2D eigenvalue weighted by Gasteiger charge is 2.30. The number of carbonyl (C=O) groups excluding carboxylic acids is 4. The van der Waals surface area contributed by atoms with E-state index < -0.39 is 97.5 Å². The zero-order chi connectivity index (χ0) is 74.4. The van der Waals surface area contributed by atoms with Crippen molar-refractivity contribution in [1.29, 1.82) is 0 Å². The third-order valence-electron chi connectivity index (χ3n) is 19.5. The Labute approximate surface area is 619 Å². The van der Waals surface area contributed by atoms with Crippen LogP contribution in [-0.2, 0) is 65.4 Å². The van der Waals surface area contributed by atoms with E-state index in [4.69, 9.17) is 37.0 Å². The van der Waals surface area contributed by atoms with E-state index in [2.05, 4.69) is 48.5 Å². The molecule has 0 amide bonds. The molecule has 0 bridgehead atoms. The lowest BCUT2D eigenvalue weighted by Gasteiger charge is -2.21. The first-order chi connectivity index (χ1) is 48.8. The number of phosphoric acid groups is 2. The first-order valence-electron chi connectivity index (χ1n) is 42.4. The second-order valence-corrected chi connectivity index (χ2v) is 33.6. The average molecular weight is 1480 g/mol. The van der Waals surface area contributed by atoms with Gasteiger partial charge in [0.05, 0.1) is 26.4 Å². The topological polar surface area (TPSA) is 237 Å². The quantitative estimate of drug-likeness (QED) is 0.0222. The summed E-state index contributed by atoms with van der Waals surface area (Å²) in [6.07, 6.45) is 61.1. The van der Waals surface area contributed by atoms with Crippen LogP contribution in [0.4, 0.5) is 0 Å². The van der Waals surface area contributed by atoms with E-state index in [1.54, 1.807) is 0 Å². The van der Waals surface area contributed by atoms with Gasteiger partial charge in [0.15, 0.2) is 12.2 Å². The highest BCUT2D eigenvalue weighted by molar-refractivity contribution is 7.47. The summed E-state index contributed by atoms with van der Waals surface area (Å²) in [6, 6.07) is 0. The van der Waals surface area contributed by atoms with Crippen LogP contribution in [0.5, 0.6) is 0 Å². The lowest BCUT2D eigenvalue weighted by atomic mass is 9.99. The molecule has 3 unspecified atom stereocenters. The van der Waals surface area contributed by atoms with Crippen molar-refractivity contribution in [2.24, 2.45) is 17.8 Å². The molecule has 101 heavy (non-hydrogen) atoms. The van der Waals surface area contributed by atoms with E-state index in [0.717, 1.165) is 108 Å². The molecule has 6 atom stereocenters. The first kappa shape index (κ1) is 99.1. The number of aliphatic hydroxyl groups excluding tert-OH is 1. The first-order valence-corrected chi connectivity index (χ1v) is 45.4. The summed E-state index contributed by atoms with van der Waals surface area (Å²) in [6.45, 7) is 11.9. The van der Waals surface area contributed by atoms with Gasteiger partial charge in [0.25, 0.3) is 0 Å². The van der Waals surface area contributed by atoms with E-state index in [1.807, 2.05) is 0 Å². The van der Waals surface area contributed by atoms with Crippen molar-refractivity contribution in [3.05, 3.63) is 0 Å². The summed E-state index contributed by atoms with van der Waals surface area (Å²) in [4.78, 5) is 73.1. The summed E-state index contributed by atoms with van der Waals surface area (Å²) >= 11 is 0. The molecule has 0 spiro atoms. The molecule has 0 aromatic heterocycles. The molecule has 0 aliphatic rings. The largest absolute Gasteiger partial charge is 0.472 e. The molecule has 19 heteroatoms. The minimum absolute atomic E-state index is 0.106. The predicted octanol–water partition coefficient (Wildman–Crippen LogP) is 24.5. The Morgan fingerprint density at radius 1 is 0.287 bits per heavy atom. The van der Waals surface area contributed by atoms with Gasteiger partial charge in [-0.25, -0.2) is 9.13 Å². The van der Waals surface area contributed by atoms with Crippen molar-refractivity contribution in [2.45, 2.75) is 446 Å². The normalized spacial score (nSPS) is 14.2.